The molecule has 0 unspecified atom stereocenters. The van der Waals surface area contributed by atoms with Gasteiger partial charge < -0.3 is 10.5 Å². The van der Waals surface area contributed by atoms with Crippen molar-refractivity contribution >= 4 is 0 Å². The van der Waals surface area contributed by atoms with E-state index in [0.717, 1.165) is 19.1 Å². The number of ether oxygens (including phenoxy) is 1. The molecule has 2 heteroatoms. The molecular formula is C7H15NO. The topological polar surface area (TPSA) is 35.2 Å². The number of nitrogens with two attached hydrogens (primary N) is 1. The van der Waals surface area contributed by atoms with E-state index in [0.29, 0.717) is 6.54 Å². The zero-order valence-electron chi connectivity index (χ0n) is 5.81. The molecule has 0 amide bonds. The van der Waals surface area contributed by atoms with Crippen LogP contribution in [0.5, 0.6) is 0 Å². The number of hydrogen-bond acceptors (Lipinski definition) is 2. The molecular weight excluding hydrogens is 114 g/mol. The van der Waals surface area contributed by atoms with Crippen LogP contribution in [0, 0.1) is 5.92 Å². The normalized spacial score (nSPS) is 18.3. The van der Waals surface area contributed by atoms with E-state index in [1.807, 2.05) is 0 Å². The van der Waals surface area contributed by atoms with E-state index < -0.39 is 0 Å². The highest BCUT2D eigenvalue weighted by molar-refractivity contribution is 4.72. The van der Waals surface area contributed by atoms with E-state index in [-0.39, 0.29) is 0 Å². The monoisotopic (exact) mass is 129 g/mol. The summed E-state index contributed by atoms with van der Waals surface area (Å²) in [6.45, 7) is 2.30. The van der Waals surface area contributed by atoms with E-state index in [1.54, 1.807) is 0 Å². The van der Waals surface area contributed by atoms with Gasteiger partial charge in [-0.05, 0) is 12.3 Å². The summed E-state index contributed by atoms with van der Waals surface area (Å²) in [5, 5.41) is 0. The molecule has 0 spiro atoms. The van der Waals surface area contributed by atoms with Gasteiger partial charge in [-0.1, -0.05) is 12.8 Å². The lowest BCUT2D eigenvalue weighted by molar-refractivity contribution is 0.135. The minimum atomic E-state index is 0.657. The van der Waals surface area contributed by atoms with Crippen LogP contribution in [0.25, 0.3) is 0 Å². The van der Waals surface area contributed by atoms with E-state index >= 15 is 0 Å². The summed E-state index contributed by atoms with van der Waals surface area (Å²) in [5.74, 6) is 0.989. The Morgan fingerprint density at radius 2 is 2.11 bits per heavy atom. The second kappa shape index (κ2) is 3.85. The quantitative estimate of drug-likeness (QED) is 0.556. The van der Waals surface area contributed by atoms with Crippen molar-refractivity contribution in [2.24, 2.45) is 11.7 Å². The van der Waals surface area contributed by atoms with Gasteiger partial charge in [0.05, 0.1) is 6.61 Å². The Labute approximate surface area is 56.4 Å². The predicted octanol–water partition coefficient (Wildman–Crippen LogP) is 0.762. The maximum Gasteiger partial charge on any atom is 0.0588 e. The highest BCUT2D eigenvalue weighted by Crippen LogP contribution is 2.31. The Morgan fingerprint density at radius 3 is 2.67 bits per heavy atom. The van der Waals surface area contributed by atoms with Crippen molar-refractivity contribution in [3.63, 3.8) is 0 Å². The summed E-state index contributed by atoms with van der Waals surface area (Å²) in [6.07, 6.45) is 4.10. The van der Waals surface area contributed by atoms with Gasteiger partial charge >= 0.3 is 0 Å². The van der Waals surface area contributed by atoms with E-state index in [1.165, 1.54) is 19.3 Å². The lowest BCUT2D eigenvalue weighted by Gasteiger charge is -1.98. The van der Waals surface area contributed by atoms with Crippen LogP contribution in [0.3, 0.4) is 0 Å². The summed E-state index contributed by atoms with van der Waals surface area (Å²) in [7, 11) is 0. The largest absolute Gasteiger partial charge is 0.380 e. The summed E-state index contributed by atoms with van der Waals surface area (Å²) < 4.78 is 5.21. The first kappa shape index (κ1) is 7.03. The highest BCUT2D eigenvalue weighted by atomic mass is 16.5. The predicted molar refractivity (Wildman–Crippen MR) is 37.2 cm³/mol. The average molecular weight is 129 g/mol. The number of rotatable bonds is 5. The molecule has 0 aromatic carbocycles. The molecule has 1 saturated carbocycles. The SMILES string of the molecule is NCCOCCC1CC1. The Bertz CT molecular complexity index is 71.3. The van der Waals surface area contributed by atoms with Gasteiger partial charge in [0.1, 0.15) is 0 Å². The molecule has 9 heavy (non-hydrogen) atoms. The summed E-state index contributed by atoms with van der Waals surface area (Å²) in [4.78, 5) is 0. The van der Waals surface area contributed by atoms with Crippen molar-refractivity contribution < 1.29 is 4.74 Å². The van der Waals surface area contributed by atoms with E-state index in [4.69, 9.17) is 10.5 Å². The van der Waals surface area contributed by atoms with Gasteiger partial charge in [-0.3, -0.25) is 0 Å². The third-order valence-electron chi connectivity index (χ3n) is 1.63. The first-order valence-electron chi connectivity index (χ1n) is 3.71. The molecule has 1 fully saturated rings. The zero-order chi connectivity index (χ0) is 6.53. The lowest BCUT2D eigenvalue weighted by Crippen LogP contribution is -2.09. The molecule has 1 aliphatic rings. The Hall–Kier alpha value is -0.0800. The van der Waals surface area contributed by atoms with Crippen molar-refractivity contribution in [2.45, 2.75) is 19.3 Å². The third kappa shape index (κ3) is 3.49. The molecule has 2 N–H and O–H groups in total. The molecule has 0 bridgehead atoms. The fourth-order valence-corrected chi connectivity index (χ4v) is 0.842. The van der Waals surface area contributed by atoms with Crippen LogP contribution in [0.15, 0.2) is 0 Å². The van der Waals surface area contributed by atoms with Crippen LogP contribution < -0.4 is 5.73 Å². The molecule has 1 rings (SSSR count). The summed E-state index contributed by atoms with van der Waals surface area (Å²) in [5.41, 5.74) is 5.24. The summed E-state index contributed by atoms with van der Waals surface area (Å²) in [6, 6.07) is 0. The van der Waals surface area contributed by atoms with Crippen LogP contribution in [-0.2, 0) is 4.74 Å². The van der Waals surface area contributed by atoms with E-state index in [2.05, 4.69) is 0 Å². The van der Waals surface area contributed by atoms with Crippen LogP contribution in [-0.4, -0.2) is 19.8 Å². The van der Waals surface area contributed by atoms with Crippen LogP contribution >= 0.6 is 0 Å². The standard InChI is InChI=1S/C7H15NO/c8-4-6-9-5-3-7-1-2-7/h7H,1-6,8H2. The van der Waals surface area contributed by atoms with Gasteiger partial charge in [0.25, 0.3) is 0 Å². The fraction of sp³-hybridized carbons (Fsp3) is 1.00. The average Bonchev–Trinajstić information content (AvgIpc) is 2.63. The smallest absolute Gasteiger partial charge is 0.0588 e. The molecule has 0 heterocycles. The second-order valence-electron chi connectivity index (χ2n) is 2.63. The Morgan fingerprint density at radius 1 is 1.33 bits per heavy atom. The molecule has 54 valence electrons. The van der Waals surface area contributed by atoms with Gasteiger partial charge in [-0.15, -0.1) is 0 Å². The molecule has 2 nitrogen and oxygen atoms in total. The molecule has 0 aromatic rings. The van der Waals surface area contributed by atoms with Gasteiger partial charge in [-0.25, -0.2) is 0 Å². The zero-order valence-corrected chi connectivity index (χ0v) is 5.81. The lowest BCUT2D eigenvalue weighted by atomic mass is 10.3. The number of hydrogen-bond donors (Lipinski definition) is 1. The van der Waals surface area contributed by atoms with Crippen molar-refractivity contribution in [1.82, 2.24) is 0 Å². The van der Waals surface area contributed by atoms with Crippen LogP contribution in [0.4, 0.5) is 0 Å². The molecule has 0 saturated heterocycles. The van der Waals surface area contributed by atoms with Crippen molar-refractivity contribution in [1.29, 1.82) is 0 Å². The summed E-state index contributed by atoms with van der Waals surface area (Å²) >= 11 is 0. The van der Waals surface area contributed by atoms with Gasteiger partial charge in [0.15, 0.2) is 0 Å². The van der Waals surface area contributed by atoms with Crippen LogP contribution in [0.1, 0.15) is 19.3 Å². The minimum absolute atomic E-state index is 0.657. The third-order valence-corrected chi connectivity index (χ3v) is 1.63. The first-order chi connectivity index (χ1) is 4.43. The maximum atomic E-state index is 5.24. The van der Waals surface area contributed by atoms with Gasteiger partial charge in [-0.2, -0.15) is 0 Å². The van der Waals surface area contributed by atoms with Crippen molar-refractivity contribution in [3.8, 4) is 0 Å². The Kier molecular flexibility index (Phi) is 3.01. The van der Waals surface area contributed by atoms with Crippen LogP contribution in [0.2, 0.25) is 0 Å². The molecule has 0 radical (unpaired) electrons. The first-order valence-corrected chi connectivity index (χ1v) is 3.71. The molecule has 0 aliphatic heterocycles. The molecule has 1 aliphatic carbocycles. The maximum absolute atomic E-state index is 5.24. The fourth-order valence-electron chi connectivity index (χ4n) is 0.842. The van der Waals surface area contributed by atoms with Gasteiger partial charge in [0, 0.05) is 13.2 Å². The Balaban J connectivity index is 1.71. The van der Waals surface area contributed by atoms with Crippen molar-refractivity contribution in [2.75, 3.05) is 19.8 Å². The molecule has 0 aromatic heterocycles. The van der Waals surface area contributed by atoms with Gasteiger partial charge in [0.2, 0.25) is 0 Å². The van der Waals surface area contributed by atoms with E-state index in [9.17, 15) is 0 Å². The molecule has 0 atom stereocenters. The second-order valence-corrected chi connectivity index (χ2v) is 2.63. The minimum Gasteiger partial charge on any atom is -0.380 e. The van der Waals surface area contributed by atoms with Crippen molar-refractivity contribution in [3.05, 3.63) is 0 Å². The highest BCUT2D eigenvalue weighted by Gasteiger charge is 2.20.